The van der Waals surface area contributed by atoms with Crippen LogP contribution in [-0.2, 0) is 25.7 Å². The predicted molar refractivity (Wildman–Crippen MR) is 144 cm³/mol. The molecule has 3 aromatic rings. The molecule has 226 valence electrons. The Morgan fingerprint density at radius 3 is 1.07 bits per heavy atom. The Kier molecular flexibility index (Phi) is 10.0. The van der Waals surface area contributed by atoms with Crippen LogP contribution in [0.3, 0.4) is 0 Å². The van der Waals surface area contributed by atoms with Gasteiger partial charge in [-0.2, -0.15) is 43.9 Å². The van der Waals surface area contributed by atoms with E-state index in [1.165, 1.54) is 0 Å². The lowest BCUT2D eigenvalue weighted by molar-refractivity contribution is -0.283. The Morgan fingerprint density at radius 2 is 0.810 bits per heavy atom. The highest BCUT2D eigenvalue weighted by atomic mass is 19.4. The number of alkyl halides is 10. The van der Waals surface area contributed by atoms with Gasteiger partial charge in [0.2, 0.25) is 0 Å². The molecule has 0 heterocycles. The summed E-state index contributed by atoms with van der Waals surface area (Å²) in [5.41, 5.74) is 0.751. The topological polar surface area (TPSA) is 0 Å². The molecule has 0 bridgehead atoms. The van der Waals surface area contributed by atoms with Gasteiger partial charge in [-0.25, -0.2) is 0 Å². The van der Waals surface area contributed by atoms with Crippen LogP contribution < -0.4 is 0 Å². The summed E-state index contributed by atoms with van der Waals surface area (Å²) in [6.45, 7) is 7.29. The molecular weight excluding hydrogens is 574 g/mol. The fourth-order valence-electron chi connectivity index (χ4n) is 4.41. The summed E-state index contributed by atoms with van der Waals surface area (Å²) in [6, 6.07) is 14.9. The molecule has 0 amide bonds. The number of rotatable bonds is 12. The van der Waals surface area contributed by atoms with Crippen LogP contribution in [0.5, 0.6) is 0 Å². The van der Waals surface area contributed by atoms with Crippen molar-refractivity contribution < 1.29 is 43.9 Å². The Labute approximate surface area is 237 Å². The second kappa shape index (κ2) is 12.8. The average Bonchev–Trinajstić information content (AvgIpc) is 2.90. The maximum atomic E-state index is 14.2. The van der Waals surface area contributed by atoms with Crippen molar-refractivity contribution in [2.75, 3.05) is 0 Å². The summed E-state index contributed by atoms with van der Waals surface area (Å²) in [5.74, 6) is -10.8. The van der Waals surface area contributed by atoms with Crippen molar-refractivity contribution in [3.63, 3.8) is 0 Å². The lowest BCUT2D eigenvalue weighted by Crippen LogP contribution is -2.40. The molecule has 0 fully saturated rings. The molecule has 0 N–H and O–H groups in total. The van der Waals surface area contributed by atoms with Crippen molar-refractivity contribution in [3.8, 4) is 22.3 Å². The zero-order valence-electron chi connectivity index (χ0n) is 22.4. The van der Waals surface area contributed by atoms with Gasteiger partial charge in [0.05, 0.1) is 0 Å². The van der Waals surface area contributed by atoms with Crippen LogP contribution in [0.2, 0.25) is 0 Å². The average molecular weight is 603 g/mol. The van der Waals surface area contributed by atoms with Gasteiger partial charge in [0.1, 0.15) is 0 Å². The van der Waals surface area contributed by atoms with Gasteiger partial charge in [0.25, 0.3) is 0 Å². The minimum absolute atomic E-state index is 0.108. The molecule has 0 saturated heterocycles. The van der Waals surface area contributed by atoms with E-state index in [0.29, 0.717) is 36.8 Å². The highest BCUT2D eigenvalue weighted by Crippen LogP contribution is 2.44. The second-order valence-electron chi connectivity index (χ2n) is 9.97. The summed E-state index contributed by atoms with van der Waals surface area (Å²) in [5, 5.41) is 0. The van der Waals surface area contributed by atoms with Crippen molar-refractivity contribution in [2.24, 2.45) is 0 Å². The van der Waals surface area contributed by atoms with Crippen molar-refractivity contribution in [1.29, 1.82) is 0 Å². The maximum absolute atomic E-state index is 14.2. The van der Waals surface area contributed by atoms with Crippen molar-refractivity contribution in [3.05, 3.63) is 108 Å². The van der Waals surface area contributed by atoms with Gasteiger partial charge in [0, 0.05) is 12.8 Å². The molecule has 0 nitrogen and oxygen atoms in total. The number of hydrogen-bond donors (Lipinski definition) is 0. The van der Waals surface area contributed by atoms with E-state index in [2.05, 4.69) is 13.2 Å². The number of halogens is 10. The Morgan fingerprint density at radius 1 is 0.500 bits per heavy atom. The lowest BCUT2D eigenvalue weighted by Gasteiger charge is -2.25. The van der Waals surface area contributed by atoms with Crippen molar-refractivity contribution in [2.45, 2.75) is 62.7 Å². The SMILES string of the molecule is C=CCCc1ccc(-c2cc(CC(F)(F)C(F)(F)F)c(CC(F)(F)C(F)(F)F)cc2-c2ccc(CCC=C)cc2)cc1. The van der Waals surface area contributed by atoms with E-state index < -0.39 is 48.2 Å². The monoisotopic (exact) mass is 602 g/mol. The first-order valence-electron chi connectivity index (χ1n) is 12.9. The van der Waals surface area contributed by atoms with Gasteiger partial charge in [-0.1, -0.05) is 72.8 Å². The van der Waals surface area contributed by atoms with Gasteiger partial charge in [-0.15, -0.1) is 13.2 Å². The third-order valence-electron chi connectivity index (χ3n) is 6.80. The Balaban J connectivity index is 2.27. The van der Waals surface area contributed by atoms with Gasteiger partial charge in [-0.3, -0.25) is 0 Å². The summed E-state index contributed by atoms with van der Waals surface area (Å²) in [7, 11) is 0. The molecule has 10 heteroatoms. The quantitative estimate of drug-likeness (QED) is 0.143. The molecule has 0 aliphatic heterocycles. The molecule has 42 heavy (non-hydrogen) atoms. The molecule has 3 aromatic carbocycles. The van der Waals surface area contributed by atoms with Crippen LogP contribution in [0.1, 0.15) is 35.1 Å². The largest absolute Gasteiger partial charge is 0.453 e. The van der Waals surface area contributed by atoms with Crippen LogP contribution in [0.4, 0.5) is 43.9 Å². The summed E-state index contributed by atoms with van der Waals surface area (Å²) in [4.78, 5) is 0. The van der Waals surface area contributed by atoms with Gasteiger partial charge in [0.15, 0.2) is 0 Å². The molecule has 0 aliphatic rings. The van der Waals surface area contributed by atoms with E-state index >= 15 is 0 Å². The highest BCUT2D eigenvalue weighted by Gasteiger charge is 2.59. The van der Waals surface area contributed by atoms with Crippen molar-refractivity contribution in [1.82, 2.24) is 0 Å². The minimum atomic E-state index is -6.05. The summed E-state index contributed by atoms with van der Waals surface area (Å²) < 4.78 is 136. The summed E-state index contributed by atoms with van der Waals surface area (Å²) >= 11 is 0. The number of allylic oxidation sites excluding steroid dienone is 2. The number of hydrogen-bond acceptors (Lipinski definition) is 0. The molecule has 0 aliphatic carbocycles. The molecular formula is C32H28F10. The van der Waals surface area contributed by atoms with E-state index in [-0.39, 0.29) is 11.1 Å². The highest BCUT2D eigenvalue weighted by molar-refractivity contribution is 5.85. The number of aryl methyl sites for hydroxylation is 2. The second-order valence-corrected chi connectivity index (χ2v) is 9.97. The van der Waals surface area contributed by atoms with E-state index in [9.17, 15) is 43.9 Å². The molecule has 0 aromatic heterocycles. The van der Waals surface area contributed by atoms with Crippen LogP contribution in [0, 0.1) is 0 Å². The molecule has 0 spiro atoms. The Bertz CT molecular complexity index is 1260. The zero-order valence-corrected chi connectivity index (χ0v) is 22.4. The predicted octanol–water partition coefficient (Wildman–Crippen LogP) is 10.7. The van der Waals surface area contributed by atoms with Crippen LogP contribution >= 0.6 is 0 Å². The molecule has 0 radical (unpaired) electrons. The Hall–Kier alpha value is -3.56. The maximum Gasteiger partial charge on any atom is 0.453 e. The first kappa shape index (κ1) is 32.9. The normalized spacial score (nSPS) is 12.8. The third kappa shape index (κ3) is 7.83. The fourth-order valence-corrected chi connectivity index (χ4v) is 4.41. The van der Waals surface area contributed by atoms with Crippen molar-refractivity contribution >= 4 is 0 Å². The number of benzene rings is 3. The van der Waals surface area contributed by atoms with Crippen LogP contribution in [-0.4, -0.2) is 24.2 Å². The minimum Gasteiger partial charge on any atom is -0.196 e. The van der Waals surface area contributed by atoms with E-state index in [1.54, 1.807) is 60.7 Å². The van der Waals surface area contributed by atoms with Crippen LogP contribution in [0.15, 0.2) is 86.0 Å². The zero-order chi connectivity index (χ0) is 31.3. The molecule has 0 atom stereocenters. The fraction of sp³-hybridized carbons (Fsp3) is 0.312. The first-order valence-corrected chi connectivity index (χ1v) is 12.9. The van der Waals surface area contributed by atoms with E-state index in [0.717, 1.165) is 23.3 Å². The standard InChI is InChI=1S/C32H28F10/c1-3-5-7-21-9-13-23(14-10-21)27-17-25(19-29(33,34)31(37,38)39)26(20-30(35,36)32(40,41)42)18-28(27)24-15-11-22(12-16-24)8-6-4-2/h3-4,9-18H,1-2,5-8,19-20H2. The third-order valence-corrected chi connectivity index (χ3v) is 6.80. The molecule has 0 saturated carbocycles. The van der Waals surface area contributed by atoms with E-state index in [1.807, 2.05) is 0 Å². The van der Waals surface area contributed by atoms with E-state index in [4.69, 9.17) is 0 Å². The first-order chi connectivity index (χ1) is 19.5. The lowest BCUT2D eigenvalue weighted by atomic mass is 9.86. The summed E-state index contributed by atoms with van der Waals surface area (Å²) in [6.07, 6.45) is -10.4. The van der Waals surface area contributed by atoms with Gasteiger partial charge < -0.3 is 0 Å². The smallest absolute Gasteiger partial charge is 0.196 e. The molecule has 0 unspecified atom stereocenters. The van der Waals surface area contributed by atoms with Gasteiger partial charge >= 0.3 is 24.2 Å². The van der Waals surface area contributed by atoms with Crippen LogP contribution in [0.25, 0.3) is 22.3 Å². The van der Waals surface area contributed by atoms with Gasteiger partial charge in [-0.05, 0) is 70.2 Å². The molecule has 3 rings (SSSR count).